The molecule has 7 heteroatoms. The molecule has 0 aliphatic heterocycles. The van der Waals surface area contributed by atoms with Gasteiger partial charge in [-0.2, -0.15) is 10.2 Å². The molecule has 0 aliphatic rings. The fraction of sp³-hybridized carbons (Fsp3) is 0.105. The molecule has 0 bridgehead atoms. The summed E-state index contributed by atoms with van der Waals surface area (Å²) in [6.07, 6.45) is 5.22. The van der Waals surface area contributed by atoms with Crippen LogP contribution in [0.1, 0.15) is 11.1 Å². The Hall–Kier alpha value is -3.61. The van der Waals surface area contributed by atoms with Crippen LogP contribution in [-0.2, 0) is 6.54 Å². The van der Waals surface area contributed by atoms with Crippen molar-refractivity contribution in [3.05, 3.63) is 82.5 Å². The molecule has 3 heterocycles. The van der Waals surface area contributed by atoms with Gasteiger partial charge in [-0.05, 0) is 36.2 Å². The summed E-state index contributed by atoms with van der Waals surface area (Å²) >= 11 is 0. The van der Waals surface area contributed by atoms with Gasteiger partial charge >= 0.3 is 0 Å². The number of rotatable bonds is 4. The molecule has 4 aromatic rings. The average Bonchev–Trinajstić information content (AvgIpc) is 3.19. The van der Waals surface area contributed by atoms with Crippen LogP contribution in [0.2, 0.25) is 0 Å². The Morgan fingerprint density at radius 2 is 1.92 bits per heavy atom. The molecular weight excluding hydrogens is 328 g/mol. The Kier molecular flexibility index (Phi) is 4.10. The zero-order valence-electron chi connectivity index (χ0n) is 14.1. The zero-order valence-corrected chi connectivity index (χ0v) is 14.1. The molecule has 0 unspecified atom stereocenters. The third-order valence-electron chi connectivity index (χ3n) is 3.94. The van der Waals surface area contributed by atoms with Crippen molar-refractivity contribution >= 4 is 0 Å². The highest BCUT2D eigenvalue weighted by atomic mass is 16.1. The van der Waals surface area contributed by atoms with Gasteiger partial charge in [-0.25, -0.2) is 14.6 Å². The van der Waals surface area contributed by atoms with Crippen molar-refractivity contribution in [2.24, 2.45) is 0 Å². The first-order valence-corrected chi connectivity index (χ1v) is 8.15. The van der Waals surface area contributed by atoms with E-state index in [2.05, 4.69) is 25.3 Å². The first kappa shape index (κ1) is 15.9. The third-order valence-corrected chi connectivity index (χ3v) is 3.94. The largest absolute Gasteiger partial charge is 0.276 e. The Bertz CT molecular complexity index is 1080. The molecule has 26 heavy (non-hydrogen) atoms. The average molecular weight is 344 g/mol. The maximum atomic E-state index is 12.2. The van der Waals surface area contributed by atoms with E-state index >= 15 is 0 Å². The van der Waals surface area contributed by atoms with E-state index in [0.717, 1.165) is 22.4 Å². The van der Waals surface area contributed by atoms with Gasteiger partial charge in [-0.3, -0.25) is 9.89 Å². The highest BCUT2D eigenvalue weighted by molar-refractivity contribution is 5.56. The van der Waals surface area contributed by atoms with E-state index in [1.807, 2.05) is 37.3 Å². The molecule has 0 aliphatic carbocycles. The Morgan fingerprint density at radius 1 is 1.08 bits per heavy atom. The van der Waals surface area contributed by atoms with Crippen LogP contribution >= 0.6 is 0 Å². The van der Waals surface area contributed by atoms with E-state index in [0.29, 0.717) is 18.1 Å². The molecule has 128 valence electrons. The highest BCUT2D eigenvalue weighted by Gasteiger charge is 2.07. The Morgan fingerprint density at radius 3 is 2.69 bits per heavy atom. The number of benzene rings is 1. The summed E-state index contributed by atoms with van der Waals surface area (Å²) in [6, 6.07) is 12.8. The second-order valence-electron chi connectivity index (χ2n) is 5.97. The minimum atomic E-state index is -0.162. The van der Waals surface area contributed by atoms with E-state index in [9.17, 15) is 4.79 Å². The smallest absolute Gasteiger partial charge is 0.267 e. The molecule has 4 rings (SSSR count). The number of H-pyrrole nitrogens is 1. The first-order chi connectivity index (χ1) is 12.7. The number of nitrogens with one attached hydrogen (secondary N) is 1. The van der Waals surface area contributed by atoms with Crippen LogP contribution < -0.4 is 5.56 Å². The molecule has 0 spiro atoms. The van der Waals surface area contributed by atoms with Crippen LogP contribution in [-0.4, -0.2) is 29.9 Å². The number of hydrogen-bond acceptors (Lipinski definition) is 5. The van der Waals surface area contributed by atoms with Crippen molar-refractivity contribution < 1.29 is 0 Å². The summed E-state index contributed by atoms with van der Waals surface area (Å²) in [5.41, 5.74) is 4.13. The predicted molar refractivity (Wildman–Crippen MR) is 97.4 cm³/mol. The molecule has 0 amide bonds. The van der Waals surface area contributed by atoms with E-state index in [1.165, 1.54) is 10.7 Å². The molecule has 1 N–H and O–H groups in total. The molecule has 1 aromatic carbocycles. The predicted octanol–water partition coefficient (Wildman–Crippen LogP) is 2.45. The summed E-state index contributed by atoms with van der Waals surface area (Å²) in [5, 5.41) is 11.2. The molecular formula is C19H16N6O. The van der Waals surface area contributed by atoms with Crippen LogP contribution in [0.25, 0.3) is 22.8 Å². The van der Waals surface area contributed by atoms with Crippen LogP contribution in [0.4, 0.5) is 0 Å². The number of aromatic amines is 1. The lowest BCUT2D eigenvalue weighted by Gasteiger charge is -2.08. The van der Waals surface area contributed by atoms with Gasteiger partial charge in [0.1, 0.15) is 5.69 Å². The van der Waals surface area contributed by atoms with Gasteiger partial charge in [0.25, 0.3) is 5.56 Å². The molecule has 3 aromatic heterocycles. The maximum Gasteiger partial charge on any atom is 0.267 e. The van der Waals surface area contributed by atoms with Gasteiger partial charge in [0.2, 0.25) is 0 Å². The van der Waals surface area contributed by atoms with E-state index in [4.69, 9.17) is 0 Å². The number of aryl methyl sites for hydroxylation is 1. The van der Waals surface area contributed by atoms with Crippen molar-refractivity contribution in [1.82, 2.24) is 29.9 Å². The second-order valence-corrected chi connectivity index (χ2v) is 5.97. The maximum absolute atomic E-state index is 12.2. The van der Waals surface area contributed by atoms with Crippen molar-refractivity contribution in [2.75, 3.05) is 0 Å². The summed E-state index contributed by atoms with van der Waals surface area (Å²) in [5.74, 6) is 0.656. The lowest BCUT2D eigenvalue weighted by Crippen LogP contribution is -2.22. The van der Waals surface area contributed by atoms with Crippen LogP contribution in [0.5, 0.6) is 0 Å². The minimum Gasteiger partial charge on any atom is -0.276 e. The Labute approximate surface area is 149 Å². The normalized spacial score (nSPS) is 10.8. The highest BCUT2D eigenvalue weighted by Crippen LogP contribution is 2.17. The van der Waals surface area contributed by atoms with Crippen molar-refractivity contribution in [1.29, 1.82) is 0 Å². The summed E-state index contributed by atoms with van der Waals surface area (Å²) < 4.78 is 1.44. The molecule has 0 atom stereocenters. The minimum absolute atomic E-state index is 0.162. The lowest BCUT2D eigenvalue weighted by molar-refractivity contribution is 0.642. The first-order valence-electron chi connectivity index (χ1n) is 8.15. The summed E-state index contributed by atoms with van der Waals surface area (Å²) in [6.45, 7) is 2.31. The summed E-state index contributed by atoms with van der Waals surface area (Å²) in [4.78, 5) is 20.9. The lowest BCUT2D eigenvalue weighted by atomic mass is 10.1. The Balaban J connectivity index is 1.65. The number of aromatic nitrogens is 6. The fourth-order valence-corrected chi connectivity index (χ4v) is 2.63. The second kappa shape index (κ2) is 6.72. The molecule has 0 fully saturated rings. The fourth-order valence-electron chi connectivity index (χ4n) is 2.63. The zero-order chi connectivity index (χ0) is 17.9. The van der Waals surface area contributed by atoms with Gasteiger partial charge < -0.3 is 0 Å². The summed E-state index contributed by atoms with van der Waals surface area (Å²) in [7, 11) is 0. The monoisotopic (exact) mass is 344 g/mol. The topological polar surface area (TPSA) is 89.4 Å². The van der Waals surface area contributed by atoms with E-state index in [1.54, 1.807) is 24.7 Å². The van der Waals surface area contributed by atoms with Gasteiger partial charge in [0.15, 0.2) is 5.82 Å². The van der Waals surface area contributed by atoms with Crippen LogP contribution in [0, 0.1) is 6.92 Å². The third kappa shape index (κ3) is 3.27. The SMILES string of the molecule is Cc1cnc(-c2cccc(Cn3nc(-c4ccn[nH]4)ccc3=O)c2)nc1. The number of hydrogen-bond donors (Lipinski definition) is 1. The van der Waals surface area contributed by atoms with Gasteiger partial charge in [-0.1, -0.05) is 18.2 Å². The van der Waals surface area contributed by atoms with Crippen LogP contribution in [0.3, 0.4) is 0 Å². The molecule has 0 radical (unpaired) electrons. The van der Waals surface area contributed by atoms with Crippen molar-refractivity contribution in [3.8, 4) is 22.8 Å². The standard InChI is InChI=1S/C19H16N6O/c1-13-10-20-19(21-11-13)15-4-2-3-14(9-15)12-25-18(26)6-5-17(24-25)16-7-8-22-23-16/h2-11H,12H2,1H3,(H,22,23). The van der Waals surface area contributed by atoms with Crippen LogP contribution in [0.15, 0.2) is 65.8 Å². The van der Waals surface area contributed by atoms with Crippen molar-refractivity contribution in [2.45, 2.75) is 13.5 Å². The molecule has 7 nitrogen and oxygen atoms in total. The van der Waals surface area contributed by atoms with Gasteiger partial charge in [-0.15, -0.1) is 0 Å². The van der Waals surface area contributed by atoms with Gasteiger partial charge in [0.05, 0.1) is 12.2 Å². The van der Waals surface area contributed by atoms with E-state index < -0.39 is 0 Å². The van der Waals surface area contributed by atoms with Crippen molar-refractivity contribution in [3.63, 3.8) is 0 Å². The molecule has 0 saturated heterocycles. The quantitative estimate of drug-likeness (QED) is 0.614. The van der Waals surface area contributed by atoms with E-state index in [-0.39, 0.29) is 5.56 Å². The molecule has 0 saturated carbocycles. The number of nitrogens with zero attached hydrogens (tertiary/aromatic N) is 5. The van der Waals surface area contributed by atoms with Gasteiger partial charge in [0, 0.05) is 30.2 Å².